The predicted octanol–water partition coefficient (Wildman–Crippen LogP) is 7.39. The van der Waals surface area contributed by atoms with Crippen LogP contribution >= 0.6 is 79.6 Å². The van der Waals surface area contributed by atoms with E-state index in [9.17, 15) is 0 Å². The summed E-state index contributed by atoms with van der Waals surface area (Å²) in [6.45, 7) is 2.56. The lowest BCUT2D eigenvalue weighted by Crippen LogP contribution is -1.97. The highest BCUT2D eigenvalue weighted by Gasteiger charge is 2.09. The normalized spacial score (nSPS) is 10.7. The SMILES string of the molecule is Cc1c(Br)cc(COc2cc(Br)cc(Br)c2Br)cc1Br. The van der Waals surface area contributed by atoms with E-state index < -0.39 is 0 Å². The van der Waals surface area contributed by atoms with Crippen LogP contribution in [0.5, 0.6) is 5.75 Å². The van der Waals surface area contributed by atoms with Gasteiger partial charge < -0.3 is 4.74 Å². The molecule has 20 heavy (non-hydrogen) atoms. The van der Waals surface area contributed by atoms with Gasteiger partial charge in [-0.1, -0.05) is 47.8 Å². The van der Waals surface area contributed by atoms with Crippen molar-refractivity contribution in [2.75, 3.05) is 0 Å². The molecule has 0 radical (unpaired) electrons. The molecule has 0 saturated carbocycles. The van der Waals surface area contributed by atoms with Gasteiger partial charge in [0.05, 0.1) is 4.47 Å². The first-order valence-corrected chi connectivity index (χ1v) is 9.57. The van der Waals surface area contributed by atoms with E-state index >= 15 is 0 Å². The van der Waals surface area contributed by atoms with Crippen molar-refractivity contribution < 1.29 is 4.74 Å². The third-order valence-electron chi connectivity index (χ3n) is 2.69. The highest BCUT2D eigenvalue weighted by molar-refractivity contribution is 9.13. The van der Waals surface area contributed by atoms with E-state index in [1.807, 2.05) is 12.1 Å². The van der Waals surface area contributed by atoms with Crippen LogP contribution in [-0.4, -0.2) is 0 Å². The summed E-state index contributed by atoms with van der Waals surface area (Å²) in [5.74, 6) is 0.791. The second kappa shape index (κ2) is 7.27. The van der Waals surface area contributed by atoms with Crippen LogP contribution in [-0.2, 0) is 6.61 Å². The zero-order valence-electron chi connectivity index (χ0n) is 10.3. The van der Waals surface area contributed by atoms with Crippen molar-refractivity contribution >= 4 is 79.6 Å². The molecule has 2 aromatic carbocycles. The van der Waals surface area contributed by atoms with Gasteiger partial charge in [-0.2, -0.15) is 0 Å². The summed E-state index contributed by atoms with van der Waals surface area (Å²) in [6.07, 6.45) is 0. The molecule has 0 unspecified atom stereocenters. The van der Waals surface area contributed by atoms with Gasteiger partial charge >= 0.3 is 0 Å². The fourth-order valence-corrected chi connectivity index (χ4v) is 4.39. The molecule has 1 nitrogen and oxygen atoms in total. The van der Waals surface area contributed by atoms with Gasteiger partial charge in [0.15, 0.2) is 0 Å². The summed E-state index contributed by atoms with van der Waals surface area (Å²) in [5.41, 5.74) is 2.28. The van der Waals surface area contributed by atoms with Gasteiger partial charge in [-0.3, -0.25) is 0 Å². The van der Waals surface area contributed by atoms with Gasteiger partial charge in [0.25, 0.3) is 0 Å². The minimum Gasteiger partial charge on any atom is -0.488 e. The molecule has 2 aromatic rings. The third kappa shape index (κ3) is 4.09. The molecule has 0 bridgehead atoms. The Bertz CT molecular complexity index is 631. The van der Waals surface area contributed by atoms with E-state index in [0.717, 1.165) is 33.7 Å². The molecule has 0 amide bonds. The Hall–Kier alpha value is 0.640. The molecule has 106 valence electrons. The van der Waals surface area contributed by atoms with Gasteiger partial charge in [-0.25, -0.2) is 0 Å². The lowest BCUT2D eigenvalue weighted by molar-refractivity contribution is 0.303. The fraction of sp³-hybridized carbons (Fsp3) is 0.143. The Morgan fingerprint density at radius 2 is 1.45 bits per heavy atom. The van der Waals surface area contributed by atoms with E-state index in [1.54, 1.807) is 0 Å². The van der Waals surface area contributed by atoms with Crippen molar-refractivity contribution in [1.82, 2.24) is 0 Å². The number of ether oxygens (including phenoxy) is 1. The number of benzene rings is 2. The number of hydrogen-bond acceptors (Lipinski definition) is 1. The topological polar surface area (TPSA) is 9.23 Å². The lowest BCUT2D eigenvalue weighted by atomic mass is 10.2. The predicted molar refractivity (Wildman–Crippen MR) is 100 cm³/mol. The Labute approximate surface area is 160 Å². The van der Waals surface area contributed by atoms with Crippen LogP contribution in [0.2, 0.25) is 0 Å². The largest absolute Gasteiger partial charge is 0.488 e. The molecule has 0 saturated heterocycles. The summed E-state index contributed by atoms with van der Waals surface area (Å²) in [5, 5.41) is 0. The van der Waals surface area contributed by atoms with Crippen LogP contribution in [0, 0.1) is 6.92 Å². The Kier molecular flexibility index (Phi) is 6.18. The molecule has 0 aliphatic rings. The number of rotatable bonds is 3. The maximum absolute atomic E-state index is 5.89. The van der Waals surface area contributed by atoms with Crippen LogP contribution in [0.1, 0.15) is 11.1 Å². The molecule has 0 aliphatic heterocycles. The van der Waals surface area contributed by atoms with Crippen LogP contribution in [0.25, 0.3) is 0 Å². The van der Waals surface area contributed by atoms with Crippen molar-refractivity contribution in [3.63, 3.8) is 0 Å². The molecule has 6 heteroatoms. The second-order valence-electron chi connectivity index (χ2n) is 4.17. The Morgan fingerprint density at radius 1 is 0.850 bits per heavy atom. The molecule has 0 N–H and O–H groups in total. The van der Waals surface area contributed by atoms with Crippen LogP contribution in [0.4, 0.5) is 0 Å². The summed E-state index contributed by atoms with van der Waals surface area (Å²) in [7, 11) is 0. The quantitative estimate of drug-likeness (QED) is 0.338. The van der Waals surface area contributed by atoms with Crippen LogP contribution < -0.4 is 4.74 Å². The van der Waals surface area contributed by atoms with Gasteiger partial charge in [-0.15, -0.1) is 0 Å². The summed E-state index contributed by atoms with van der Waals surface area (Å²) in [6, 6.07) is 8.05. The molecule has 0 aromatic heterocycles. The van der Waals surface area contributed by atoms with Gasteiger partial charge in [-0.05, 0) is 74.2 Å². The fourth-order valence-electron chi connectivity index (χ4n) is 1.58. The van der Waals surface area contributed by atoms with E-state index in [-0.39, 0.29) is 0 Å². The maximum Gasteiger partial charge on any atom is 0.136 e. The summed E-state index contributed by atoms with van der Waals surface area (Å²) >= 11 is 17.6. The smallest absolute Gasteiger partial charge is 0.136 e. The van der Waals surface area contributed by atoms with Crippen molar-refractivity contribution in [3.8, 4) is 5.75 Å². The van der Waals surface area contributed by atoms with Gasteiger partial charge in [0.2, 0.25) is 0 Å². The zero-order chi connectivity index (χ0) is 14.9. The average molecular weight is 593 g/mol. The van der Waals surface area contributed by atoms with E-state index in [4.69, 9.17) is 4.74 Å². The van der Waals surface area contributed by atoms with Gasteiger partial charge in [0, 0.05) is 17.9 Å². The van der Waals surface area contributed by atoms with Crippen molar-refractivity contribution in [1.29, 1.82) is 0 Å². The highest BCUT2D eigenvalue weighted by Crippen LogP contribution is 2.36. The second-order valence-corrected chi connectivity index (χ2v) is 8.44. The zero-order valence-corrected chi connectivity index (χ0v) is 18.2. The molecular formula is C14H9Br5O. The standard InChI is InChI=1S/C14H9Br5O/c1-7-10(16)2-8(3-11(7)17)6-20-13-5-9(15)4-12(18)14(13)19/h2-5H,6H2,1H3. The summed E-state index contributed by atoms with van der Waals surface area (Å²) in [4.78, 5) is 0. The lowest BCUT2D eigenvalue weighted by Gasteiger charge is -2.12. The minimum atomic E-state index is 0.499. The molecule has 0 spiro atoms. The minimum absolute atomic E-state index is 0.499. The summed E-state index contributed by atoms with van der Waals surface area (Å²) < 4.78 is 10.9. The molecule has 2 rings (SSSR count). The van der Waals surface area contributed by atoms with Crippen LogP contribution in [0.15, 0.2) is 46.6 Å². The molecule has 0 aliphatic carbocycles. The maximum atomic E-state index is 5.89. The van der Waals surface area contributed by atoms with Gasteiger partial charge in [0.1, 0.15) is 12.4 Å². The average Bonchev–Trinajstić information content (AvgIpc) is 2.38. The van der Waals surface area contributed by atoms with Crippen molar-refractivity contribution in [3.05, 3.63) is 57.8 Å². The number of hydrogen-bond donors (Lipinski definition) is 0. The number of halogens is 5. The van der Waals surface area contributed by atoms with Crippen molar-refractivity contribution in [2.24, 2.45) is 0 Å². The van der Waals surface area contributed by atoms with E-state index in [1.165, 1.54) is 5.56 Å². The molecule has 0 fully saturated rings. The van der Waals surface area contributed by atoms with Crippen LogP contribution in [0.3, 0.4) is 0 Å². The molecule has 0 atom stereocenters. The molecule has 0 heterocycles. The highest BCUT2D eigenvalue weighted by atomic mass is 79.9. The molecular weight excluding hydrogens is 584 g/mol. The monoisotopic (exact) mass is 588 g/mol. The first-order chi connectivity index (χ1) is 9.38. The first kappa shape index (κ1) is 17.0. The van der Waals surface area contributed by atoms with Crippen molar-refractivity contribution in [2.45, 2.75) is 13.5 Å². The first-order valence-electron chi connectivity index (χ1n) is 5.60. The third-order valence-corrected chi connectivity index (χ3v) is 6.78. The Morgan fingerprint density at radius 3 is 2.05 bits per heavy atom. The Balaban J connectivity index is 2.21. The van der Waals surface area contributed by atoms with E-state index in [2.05, 4.69) is 98.7 Å². The van der Waals surface area contributed by atoms with E-state index in [0.29, 0.717) is 6.61 Å².